The summed E-state index contributed by atoms with van der Waals surface area (Å²) in [5.74, 6) is 6.02. The van der Waals surface area contributed by atoms with Gasteiger partial charge in [-0.2, -0.15) is 0 Å². The number of hydrazine groups is 1. The molecule has 17 heavy (non-hydrogen) atoms. The van der Waals surface area contributed by atoms with Gasteiger partial charge in [-0.15, -0.1) is 0 Å². The first-order valence-corrected chi connectivity index (χ1v) is 6.05. The molecule has 0 saturated heterocycles. The number of hydrogen-bond donors (Lipinski definition) is 3. The van der Waals surface area contributed by atoms with Crippen molar-refractivity contribution in [1.29, 1.82) is 0 Å². The van der Waals surface area contributed by atoms with E-state index >= 15 is 0 Å². The van der Waals surface area contributed by atoms with E-state index in [1.165, 1.54) is 6.42 Å². The summed E-state index contributed by atoms with van der Waals surface area (Å²) in [4.78, 5) is 4.41. The Labute approximate surface area is 103 Å². The molecular formula is C11H24N4O2. The molecule has 0 aromatic rings. The van der Waals surface area contributed by atoms with Gasteiger partial charge in [0.2, 0.25) is 5.96 Å². The molecule has 0 aromatic carbocycles. The van der Waals surface area contributed by atoms with Gasteiger partial charge in [0.1, 0.15) is 0 Å². The topological polar surface area (TPSA) is 80.9 Å². The normalized spacial score (nSPS) is 18.6. The standard InChI is InChI=1S/C11H24N4O2/c1-16-8-4-7-13-10(15-12)14-9-11(17-2)5-3-6-11/h3-9,12H2,1-2H3,(H2,13,14,15). The molecule has 0 heterocycles. The summed E-state index contributed by atoms with van der Waals surface area (Å²) < 4.78 is 10.5. The summed E-state index contributed by atoms with van der Waals surface area (Å²) in [6, 6.07) is 0. The molecule has 6 heteroatoms. The van der Waals surface area contributed by atoms with Crippen molar-refractivity contribution in [3.8, 4) is 0 Å². The monoisotopic (exact) mass is 244 g/mol. The van der Waals surface area contributed by atoms with Crippen molar-refractivity contribution in [3.63, 3.8) is 0 Å². The van der Waals surface area contributed by atoms with E-state index in [1.54, 1.807) is 14.2 Å². The third-order valence-corrected chi connectivity index (χ3v) is 3.18. The summed E-state index contributed by atoms with van der Waals surface area (Å²) in [5, 5.41) is 3.13. The molecule has 1 aliphatic rings. The minimum atomic E-state index is -0.0592. The smallest absolute Gasteiger partial charge is 0.205 e. The fraction of sp³-hybridized carbons (Fsp3) is 0.909. The van der Waals surface area contributed by atoms with Crippen LogP contribution in [0.2, 0.25) is 0 Å². The van der Waals surface area contributed by atoms with Gasteiger partial charge in [-0.25, -0.2) is 10.8 Å². The molecule has 0 atom stereocenters. The maximum atomic E-state index is 5.49. The Morgan fingerprint density at radius 2 is 2.18 bits per heavy atom. The first kappa shape index (κ1) is 14.2. The molecular weight excluding hydrogens is 220 g/mol. The number of aliphatic imine (C=N–C) groups is 1. The lowest BCUT2D eigenvalue weighted by Gasteiger charge is -2.39. The van der Waals surface area contributed by atoms with Crippen molar-refractivity contribution >= 4 is 5.96 Å². The van der Waals surface area contributed by atoms with Gasteiger partial charge in [0.05, 0.1) is 12.1 Å². The second-order valence-corrected chi connectivity index (χ2v) is 4.32. The zero-order chi connectivity index (χ0) is 12.6. The van der Waals surface area contributed by atoms with Gasteiger partial charge in [-0.3, -0.25) is 5.43 Å². The molecule has 0 amide bonds. The summed E-state index contributed by atoms with van der Waals surface area (Å²) in [6.07, 6.45) is 4.30. The van der Waals surface area contributed by atoms with Crippen molar-refractivity contribution < 1.29 is 9.47 Å². The van der Waals surface area contributed by atoms with Crippen molar-refractivity contribution in [2.24, 2.45) is 10.8 Å². The molecule has 0 aliphatic heterocycles. The number of rotatable bonds is 7. The maximum absolute atomic E-state index is 5.49. The quantitative estimate of drug-likeness (QED) is 0.193. The Balaban J connectivity index is 2.28. The Bertz CT molecular complexity index is 236. The predicted octanol–water partition coefficient (Wildman–Crippen LogP) is 0.000900. The van der Waals surface area contributed by atoms with Crippen molar-refractivity contribution in [2.75, 3.05) is 33.9 Å². The SMILES string of the molecule is COCCCNC(=NCC1(OC)CCC1)NN. The highest BCUT2D eigenvalue weighted by atomic mass is 16.5. The van der Waals surface area contributed by atoms with Crippen LogP contribution in [0.25, 0.3) is 0 Å². The first-order chi connectivity index (χ1) is 8.26. The fourth-order valence-electron chi connectivity index (χ4n) is 1.80. The van der Waals surface area contributed by atoms with Crippen LogP contribution >= 0.6 is 0 Å². The van der Waals surface area contributed by atoms with Gasteiger partial charge >= 0.3 is 0 Å². The van der Waals surface area contributed by atoms with E-state index < -0.39 is 0 Å². The van der Waals surface area contributed by atoms with E-state index in [9.17, 15) is 0 Å². The van der Waals surface area contributed by atoms with Gasteiger partial charge in [0.15, 0.2) is 0 Å². The molecule has 1 aliphatic carbocycles. The summed E-state index contributed by atoms with van der Waals surface area (Å²) >= 11 is 0. The highest BCUT2D eigenvalue weighted by Crippen LogP contribution is 2.35. The average Bonchev–Trinajstić information content (AvgIpc) is 2.31. The lowest BCUT2D eigenvalue weighted by atomic mass is 9.80. The third kappa shape index (κ3) is 4.49. The van der Waals surface area contributed by atoms with Gasteiger partial charge < -0.3 is 14.8 Å². The number of hydrogen-bond acceptors (Lipinski definition) is 4. The largest absolute Gasteiger partial charge is 0.385 e. The second kappa shape index (κ2) is 7.47. The van der Waals surface area contributed by atoms with Crippen LogP contribution in [0.3, 0.4) is 0 Å². The fourth-order valence-corrected chi connectivity index (χ4v) is 1.80. The van der Waals surface area contributed by atoms with Gasteiger partial charge in [0, 0.05) is 27.4 Å². The minimum Gasteiger partial charge on any atom is -0.385 e. The van der Waals surface area contributed by atoms with Crippen LogP contribution in [0.4, 0.5) is 0 Å². The van der Waals surface area contributed by atoms with Crippen LogP contribution in [-0.4, -0.2) is 45.5 Å². The zero-order valence-corrected chi connectivity index (χ0v) is 10.8. The van der Waals surface area contributed by atoms with Gasteiger partial charge in [-0.05, 0) is 25.7 Å². The second-order valence-electron chi connectivity index (χ2n) is 4.32. The van der Waals surface area contributed by atoms with E-state index in [-0.39, 0.29) is 5.60 Å². The lowest BCUT2D eigenvalue weighted by molar-refractivity contribution is -0.0630. The molecule has 6 nitrogen and oxygen atoms in total. The first-order valence-electron chi connectivity index (χ1n) is 6.05. The molecule has 0 bridgehead atoms. The molecule has 1 saturated carbocycles. The number of guanidine groups is 1. The van der Waals surface area contributed by atoms with Crippen molar-refractivity contribution in [2.45, 2.75) is 31.3 Å². The number of nitrogens with two attached hydrogens (primary N) is 1. The average molecular weight is 244 g/mol. The van der Waals surface area contributed by atoms with Crippen LogP contribution < -0.4 is 16.6 Å². The van der Waals surface area contributed by atoms with E-state index in [2.05, 4.69) is 15.7 Å². The molecule has 100 valence electrons. The van der Waals surface area contributed by atoms with Crippen molar-refractivity contribution in [3.05, 3.63) is 0 Å². The Hall–Kier alpha value is -0.850. The highest BCUT2D eigenvalue weighted by Gasteiger charge is 2.36. The van der Waals surface area contributed by atoms with E-state index in [0.29, 0.717) is 12.5 Å². The summed E-state index contributed by atoms with van der Waals surface area (Å²) in [5.41, 5.74) is 2.51. The molecule has 0 radical (unpaired) electrons. The number of methoxy groups -OCH3 is 2. The molecule has 0 aromatic heterocycles. The number of nitrogens with one attached hydrogen (secondary N) is 2. The van der Waals surface area contributed by atoms with E-state index in [4.69, 9.17) is 15.3 Å². The lowest BCUT2D eigenvalue weighted by Crippen LogP contribution is -2.46. The Morgan fingerprint density at radius 3 is 2.65 bits per heavy atom. The Morgan fingerprint density at radius 1 is 1.41 bits per heavy atom. The molecule has 4 N–H and O–H groups in total. The molecule has 0 unspecified atom stereocenters. The summed E-state index contributed by atoms with van der Waals surface area (Å²) in [6.45, 7) is 2.17. The van der Waals surface area contributed by atoms with Crippen molar-refractivity contribution in [1.82, 2.24) is 10.7 Å². The minimum absolute atomic E-state index is 0.0592. The maximum Gasteiger partial charge on any atom is 0.205 e. The van der Waals surface area contributed by atoms with Crippen LogP contribution in [-0.2, 0) is 9.47 Å². The van der Waals surface area contributed by atoms with E-state index in [1.807, 2.05) is 0 Å². The summed E-state index contributed by atoms with van der Waals surface area (Å²) in [7, 11) is 3.44. The van der Waals surface area contributed by atoms with Gasteiger partial charge in [-0.1, -0.05) is 0 Å². The predicted molar refractivity (Wildman–Crippen MR) is 67.7 cm³/mol. The van der Waals surface area contributed by atoms with E-state index in [0.717, 1.165) is 32.4 Å². The number of ether oxygens (including phenoxy) is 2. The third-order valence-electron chi connectivity index (χ3n) is 3.18. The molecule has 1 rings (SSSR count). The van der Waals surface area contributed by atoms with Crippen LogP contribution in [0, 0.1) is 0 Å². The van der Waals surface area contributed by atoms with Crippen LogP contribution in [0.5, 0.6) is 0 Å². The zero-order valence-electron chi connectivity index (χ0n) is 10.8. The van der Waals surface area contributed by atoms with Crippen LogP contribution in [0.15, 0.2) is 4.99 Å². The molecule has 1 fully saturated rings. The highest BCUT2D eigenvalue weighted by molar-refractivity contribution is 5.79. The number of nitrogens with zero attached hydrogens (tertiary/aromatic N) is 1. The molecule has 0 spiro atoms. The Kier molecular flexibility index (Phi) is 6.25. The van der Waals surface area contributed by atoms with Gasteiger partial charge in [0.25, 0.3) is 0 Å². The van der Waals surface area contributed by atoms with Crippen LogP contribution in [0.1, 0.15) is 25.7 Å².